The van der Waals surface area contributed by atoms with E-state index in [1.54, 1.807) is 48.5 Å². The Morgan fingerprint density at radius 3 is 2.11 bits per heavy atom. The van der Waals surface area contributed by atoms with E-state index < -0.39 is 28.5 Å². The molecule has 4 aromatic rings. The number of sulfonamides is 1. The molecule has 45 heavy (non-hydrogen) atoms. The molecule has 0 aliphatic carbocycles. The van der Waals surface area contributed by atoms with Gasteiger partial charge in [-0.1, -0.05) is 103 Å². The fourth-order valence-electron chi connectivity index (χ4n) is 5.16. The van der Waals surface area contributed by atoms with E-state index in [9.17, 15) is 18.0 Å². The van der Waals surface area contributed by atoms with Crippen molar-refractivity contribution in [3.05, 3.63) is 130 Å². The van der Waals surface area contributed by atoms with Gasteiger partial charge < -0.3 is 10.2 Å². The van der Waals surface area contributed by atoms with E-state index in [2.05, 4.69) is 5.32 Å². The molecule has 0 aliphatic heterocycles. The molecular weight excluding hydrogens is 606 g/mol. The number of anilines is 1. The summed E-state index contributed by atoms with van der Waals surface area (Å²) < 4.78 is 29.5. The summed E-state index contributed by atoms with van der Waals surface area (Å²) in [6, 6.07) is 29.2. The van der Waals surface area contributed by atoms with E-state index in [1.165, 1.54) is 17.0 Å². The summed E-state index contributed by atoms with van der Waals surface area (Å²) in [6.07, 6.45) is 1.96. The van der Waals surface area contributed by atoms with Crippen LogP contribution in [0.3, 0.4) is 0 Å². The van der Waals surface area contributed by atoms with Gasteiger partial charge in [0.1, 0.15) is 12.6 Å². The van der Waals surface area contributed by atoms with Crippen LogP contribution in [0.5, 0.6) is 0 Å². The van der Waals surface area contributed by atoms with Crippen LogP contribution in [0.4, 0.5) is 5.69 Å². The number of hydrogen-bond acceptors (Lipinski definition) is 4. The minimum absolute atomic E-state index is 0.0696. The lowest BCUT2D eigenvalue weighted by Crippen LogP contribution is -2.53. The highest BCUT2D eigenvalue weighted by Crippen LogP contribution is 2.28. The summed E-state index contributed by atoms with van der Waals surface area (Å²) in [5.41, 5.74) is 3.72. The SMILES string of the molecule is CCCCNC(=O)[C@H](Cc1ccccc1)N(Cc1ccc(Cl)cc1)C(=O)CN(c1ccc(C)cc1C)S(=O)(=O)c1ccccc1. The Labute approximate surface area is 271 Å². The van der Waals surface area contributed by atoms with Gasteiger partial charge >= 0.3 is 0 Å². The largest absolute Gasteiger partial charge is 0.354 e. The van der Waals surface area contributed by atoms with Crippen molar-refractivity contribution in [2.45, 2.75) is 57.5 Å². The predicted octanol–water partition coefficient (Wildman–Crippen LogP) is 6.71. The second kappa shape index (κ2) is 15.7. The summed E-state index contributed by atoms with van der Waals surface area (Å²) in [6.45, 7) is 5.85. The molecule has 1 atom stereocenters. The number of hydrogen-bond donors (Lipinski definition) is 1. The summed E-state index contributed by atoms with van der Waals surface area (Å²) in [7, 11) is -4.15. The monoisotopic (exact) mass is 645 g/mol. The molecule has 4 aromatic carbocycles. The van der Waals surface area contributed by atoms with Gasteiger partial charge in [-0.05, 0) is 67.3 Å². The summed E-state index contributed by atoms with van der Waals surface area (Å²) in [5.74, 6) is -0.797. The van der Waals surface area contributed by atoms with Crippen LogP contribution in [0, 0.1) is 13.8 Å². The van der Waals surface area contributed by atoms with Crippen molar-refractivity contribution < 1.29 is 18.0 Å². The first-order valence-corrected chi connectivity index (χ1v) is 16.9. The number of rotatable bonds is 14. The minimum Gasteiger partial charge on any atom is -0.354 e. The number of amides is 2. The zero-order valence-electron chi connectivity index (χ0n) is 25.9. The Morgan fingerprint density at radius 1 is 0.844 bits per heavy atom. The van der Waals surface area contributed by atoms with E-state index >= 15 is 0 Å². The van der Waals surface area contributed by atoms with E-state index in [0.29, 0.717) is 22.8 Å². The van der Waals surface area contributed by atoms with Crippen LogP contribution < -0.4 is 9.62 Å². The van der Waals surface area contributed by atoms with Crippen LogP contribution in [0.25, 0.3) is 0 Å². The molecule has 0 radical (unpaired) electrons. The molecule has 0 saturated heterocycles. The Balaban J connectivity index is 1.80. The van der Waals surface area contributed by atoms with Crippen LogP contribution >= 0.6 is 11.6 Å². The number of carbonyl (C=O) groups is 2. The van der Waals surface area contributed by atoms with Gasteiger partial charge in [0, 0.05) is 24.5 Å². The minimum atomic E-state index is -4.15. The molecule has 1 N–H and O–H groups in total. The smallest absolute Gasteiger partial charge is 0.264 e. The maximum Gasteiger partial charge on any atom is 0.264 e. The Hall–Kier alpha value is -4.14. The number of carbonyl (C=O) groups excluding carboxylic acids is 2. The molecule has 9 heteroatoms. The molecule has 7 nitrogen and oxygen atoms in total. The molecule has 4 rings (SSSR count). The molecule has 0 spiro atoms. The number of aryl methyl sites for hydroxylation is 2. The second-order valence-electron chi connectivity index (χ2n) is 11.1. The molecule has 0 saturated carbocycles. The highest BCUT2D eigenvalue weighted by atomic mass is 35.5. The highest BCUT2D eigenvalue weighted by Gasteiger charge is 2.35. The first-order chi connectivity index (χ1) is 21.6. The Morgan fingerprint density at radius 2 is 1.49 bits per heavy atom. The van der Waals surface area contributed by atoms with Gasteiger partial charge in [-0.3, -0.25) is 13.9 Å². The summed E-state index contributed by atoms with van der Waals surface area (Å²) in [5, 5.41) is 3.55. The van der Waals surface area contributed by atoms with Crippen molar-refractivity contribution in [3.63, 3.8) is 0 Å². The zero-order valence-corrected chi connectivity index (χ0v) is 27.5. The van der Waals surface area contributed by atoms with Crippen LogP contribution in [0.2, 0.25) is 5.02 Å². The number of nitrogens with zero attached hydrogens (tertiary/aromatic N) is 2. The van der Waals surface area contributed by atoms with E-state index in [0.717, 1.165) is 33.8 Å². The van der Waals surface area contributed by atoms with E-state index in [-0.39, 0.29) is 23.8 Å². The van der Waals surface area contributed by atoms with Gasteiger partial charge in [-0.2, -0.15) is 0 Å². The van der Waals surface area contributed by atoms with Crippen LogP contribution in [-0.2, 0) is 32.6 Å². The molecular formula is C36H40ClN3O4S. The molecule has 0 bridgehead atoms. The molecule has 0 heterocycles. The Kier molecular flexibility index (Phi) is 11.8. The fraction of sp³-hybridized carbons (Fsp3) is 0.278. The molecule has 236 valence electrons. The average molecular weight is 646 g/mol. The van der Waals surface area contributed by atoms with Gasteiger partial charge in [0.05, 0.1) is 10.6 Å². The van der Waals surface area contributed by atoms with Crippen molar-refractivity contribution in [1.82, 2.24) is 10.2 Å². The van der Waals surface area contributed by atoms with Crippen LogP contribution in [0.1, 0.15) is 42.0 Å². The maximum absolute atomic E-state index is 14.5. The van der Waals surface area contributed by atoms with Crippen molar-refractivity contribution in [3.8, 4) is 0 Å². The molecule has 0 aliphatic rings. The predicted molar refractivity (Wildman–Crippen MR) is 181 cm³/mol. The Bertz CT molecular complexity index is 1680. The lowest BCUT2D eigenvalue weighted by molar-refractivity contribution is -0.140. The molecule has 0 aromatic heterocycles. The van der Waals surface area contributed by atoms with Gasteiger partial charge in [0.2, 0.25) is 11.8 Å². The maximum atomic E-state index is 14.5. The normalized spacial score (nSPS) is 11.9. The van der Waals surface area contributed by atoms with Gasteiger partial charge in [0.25, 0.3) is 10.0 Å². The lowest BCUT2D eigenvalue weighted by atomic mass is 10.0. The fourth-order valence-corrected chi connectivity index (χ4v) is 6.79. The first-order valence-electron chi connectivity index (χ1n) is 15.1. The van der Waals surface area contributed by atoms with Crippen molar-refractivity contribution >= 4 is 39.1 Å². The summed E-state index contributed by atoms with van der Waals surface area (Å²) in [4.78, 5) is 29.9. The van der Waals surface area contributed by atoms with Gasteiger partial charge in [-0.25, -0.2) is 8.42 Å². The number of nitrogens with one attached hydrogen (secondary N) is 1. The van der Waals surface area contributed by atoms with Gasteiger partial charge in [-0.15, -0.1) is 0 Å². The third kappa shape index (κ3) is 8.96. The van der Waals surface area contributed by atoms with Gasteiger partial charge in [0.15, 0.2) is 0 Å². The topological polar surface area (TPSA) is 86.8 Å². The molecule has 2 amide bonds. The van der Waals surface area contributed by atoms with Crippen molar-refractivity contribution in [1.29, 1.82) is 0 Å². The number of unbranched alkanes of at least 4 members (excludes halogenated alkanes) is 1. The zero-order chi connectivity index (χ0) is 32.4. The average Bonchev–Trinajstić information content (AvgIpc) is 3.03. The van der Waals surface area contributed by atoms with E-state index in [4.69, 9.17) is 11.6 Å². The third-order valence-electron chi connectivity index (χ3n) is 7.60. The highest BCUT2D eigenvalue weighted by molar-refractivity contribution is 7.92. The molecule has 0 fully saturated rings. The third-order valence-corrected chi connectivity index (χ3v) is 9.62. The lowest BCUT2D eigenvalue weighted by Gasteiger charge is -2.34. The molecule has 0 unspecified atom stereocenters. The second-order valence-corrected chi connectivity index (χ2v) is 13.4. The quantitative estimate of drug-likeness (QED) is 0.155. The van der Waals surface area contributed by atoms with Crippen molar-refractivity contribution in [2.75, 3.05) is 17.4 Å². The first kappa shape index (κ1) is 33.7. The van der Waals surface area contributed by atoms with Crippen LogP contribution in [-0.4, -0.2) is 44.3 Å². The van der Waals surface area contributed by atoms with Crippen molar-refractivity contribution in [2.24, 2.45) is 0 Å². The van der Waals surface area contributed by atoms with E-state index in [1.807, 2.05) is 63.2 Å². The van der Waals surface area contributed by atoms with Crippen LogP contribution in [0.15, 0.2) is 108 Å². The number of halogens is 1. The standard InChI is InChI=1S/C36H40ClN3O4S/c1-4-5-22-38-36(42)34(24-29-12-8-6-9-13-29)39(25-30-17-19-31(37)20-18-30)35(41)26-40(33-21-16-27(2)23-28(33)3)45(43,44)32-14-10-7-11-15-32/h6-21,23,34H,4-5,22,24-26H2,1-3H3,(H,38,42)/t34-/m0/s1. The summed E-state index contributed by atoms with van der Waals surface area (Å²) >= 11 is 6.15. The number of benzene rings is 4.